The molecule has 0 fully saturated rings. The Morgan fingerprint density at radius 1 is 0.903 bits per heavy atom. The Hall–Kier alpha value is -3.49. The molecule has 1 aromatic heterocycles. The molecule has 0 spiro atoms. The van der Waals surface area contributed by atoms with Gasteiger partial charge in [0.15, 0.2) is 23.2 Å². The van der Waals surface area contributed by atoms with E-state index in [-0.39, 0.29) is 17.3 Å². The van der Waals surface area contributed by atoms with Gasteiger partial charge in [-0.1, -0.05) is 42.5 Å². The topological polar surface area (TPSA) is 95.4 Å². The van der Waals surface area contributed by atoms with E-state index >= 15 is 0 Å². The van der Waals surface area contributed by atoms with Gasteiger partial charge in [0, 0.05) is 11.1 Å². The van der Waals surface area contributed by atoms with Gasteiger partial charge in [0.1, 0.15) is 5.69 Å². The summed E-state index contributed by atoms with van der Waals surface area (Å²) in [6.45, 7) is 0.180. The maximum atomic E-state index is 13.7. The van der Waals surface area contributed by atoms with Crippen LogP contribution in [0.3, 0.4) is 0 Å². The molecule has 1 heterocycles. The van der Waals surface area contributed by atoms with Crippen LogP contribution < -0.4 is 9.88 Å². The van der Waals surface area contributed by atoms with Crippen LogP contribution in [-0.2, 0) is 16.4 Å². The number of hydrogen-bond acceptors (Lipinski definition) is 5. The number of aromatic nitrogens is 1. The first-order valence-corrected chi connectivity index (χ1v) is 11.0. The largest absolute Gasteiger partial charge is 0.490 e. The molecule has 4 aromatic rings. The maximum absolute atomic E-state index is 13.7. The van der Waals surface area contributed by atoms with E-state index in [4.69, 9.17) is 14.3 Å². The number of nitrogens with zero attached hydrogens (tertiary/aromatic N) is 1. The Bertz CT molecular complexity index is 1290. The van der Waals surface area contributed by atoms with E-state index in [1.807, 2.05) is 30.3 Å². The number of nitrogens with two attached hydrogens (primary N) is 1. The SMILES string of the molecule is NS(=O)(=O)c1ccc(-c2oc(CCOc3ccccc3F)nc2-c2ccccc2)cc1. The summed E-state index contributed by atoms with van der Waals surface area (Å²) in [6.07, 6.45) is 0.323. The molecule has 0 aliphatic rings. The molecule has 8 heteroatoms. The summed E-state index contributed by atoms with van der Waals surface area (Å²) in [6, 6.07) is 21.7. The molecular weight excluding hydrogens is 419 g/mol. The molecule has 0 radical (unpaired) electrons. The molecule has 0 unspecified atom stereocenters. The van der Waals surface area contributed by atoms with E-state index in [0.29, 0.717) is 29.3 Å². The summed E-state index contributed by atoms with van der Waals surface area (Å²) < 4.78 is 48.3. The van der Waals surface area contributed by atoms with Gasteiger partial charge in [0.25, 0.3) is 0 Å². The molecule has 6 nitrogen and oxygen atoms in total. The van der Waals surface area contributed by atoms with Crippen LogP contribution in [0.2, 0.25) is 0 Å². The smallest absolute Gasteiger partial charge is 0.238 e. The van der Waals surface area contributed by atoms with Crippen LogP contribution >= 0.6 is 0 Å². The third-order valence-electron chi connectivity index (χ3n) is 4.57. The van der Waals surface area contributed by atoms with E-state index < -0.39 is 15.8 Å². The highest BCUT2D eigenvalue weighted by Gasteiger charge is 2.18. The maximum Gasteiger partial charge on any atom is 0.238 e. The number of sulfonamides is 1. The minimum absolute atomic E-state index is 0.00976. The number of benzene rings is 3. The van der Waals surface area contributed by atoms with Gasteiger partial charge in [-0.2, -0.15) is 0 Å². The van der Waals surface area contributed by atoms with Crippen LogP contribution in [0, 0.1) is 5.82 Å². The fraction of sp³-hybridized carbons (Fsp3) is 0.0870. The van der Waals surface area contributed by atoms with Gasteiger partial charge in [0.05, 0.1) is 17.9 Å². The fourth-order valence-corrected chi connectivity index (χ4v) is 3.58. The zero-order valence-corrected chi connectivity index (χ0v) is 17.2. The third-order valence-corrected chi connectivity index (χ3v) is 5.50. The van der Waals surface area contributed by atoms with E-state index in [2.05, 4.69) is 4.98 Å². The summed E-state index contributed by atoms with van der Waals surface area (Å²) >= 11 is 0. The summed E-state index contributed by atoms with van der Waals surface area (Å²) in [5.74, 6) is 0.639. The average molecular weight is 438 g/mol. The number of primary sulfonamides is 1. The molecule has 0 bridgehead atoms. The summed E-state index contributed by atoms with van der Waals surface area (Å²) in [7, 11) is -3.79. The lowest BCUT2D eigenvalue weighted by Crippen LogP contribution is -2.11. The standard InChI is InChI=1S/C23H19FN2O4S/c24-19-8-4-5-9-20(19)29-15-14-21-26-22(16-6-2-1-3-7-16)23(30-21)17-10-12-18(13-11-17)31(25,27)28/h1-13H,14-15H2,(H2,25,27,28). The predicted octanol–water partition coefficient (Wildman–Crippen LogP) is 4.42. The van der Waals surface area contributed by atoms with E-state index in [9.17, 15) is 12.8 Å². The Kier molecular flexibility index (Phi) is 5.83. The van der Waals surface area contributed by atoms with Crippen molar-refractivity contribution < 1.29 is 22.0 Å². The van der Waals surface area contributed by atoms with Gasteiger partial charge in [0.2, 0.25) is 10.0 Å². The Labute approximate surface area is 179 Å². The van der Waals surface area contributed by atoms with Crippen molar-refractivity contribution in [2.45, 2.75) is 11.3 Å². The second-order valence-electron chi connectivity index (χ2n) is 6.75. The minimum Gasteiger partial charge on any atom is -0.490 e. The zero-order valence-electron chi connectivity index (χ0n) is 16.4. The second-order valence-corrected chi connectivity index (χ2v) is 8.31. The second kappa shape index (κ2) is 8.71. The first kappa shape index (κ1) is 20.8. The van der Waals surface area contributed by atoms with Crippen molar-refractivity contribution in [2.24, 2.45) is 5.14 Å². The molecule has 0 atom stereocenters. The molecule has 0 amide bonds. The van der Waals surface area contributed by atoms with E-state index in [1.165, 1.54) is 18.2 Å². The quantitative estimate of drug-likeness (QED) is 0.461. The lowest BCUT2D eigenvalue weighted by molar-refractivity contribution is 0.292. The number of para-hydroxylation sites is 1. The number of ether oxygens (including phenoxy) is 1. The van der Waals surface area contributed by atoms with Gasteiger partial charge in [-0.05, 0) is 36.4 Å². The highest BCUT2D eigenvalue weighted by molar-refractivity contribution is 7.89. The van der Waals surface area contributed by atoms with Gasteiger partial charge >= 0.3 is 0 Å². The van der Waals surface area contributed by atoms with E-state index in [0.717, 1.165) is 5.56 Å². The number of hydrogen-bond donors (Lipinski definition) is 1. The summed E-state index contributed by atoms with van der Waals surface area (Å²) in [5, 5.41) is 5.18. The molecule has 2 N–H and O–H groups in total. The Balaban J connectivity index is 1.62. The number of rotatable bonds is 7. The highest BCUT2D eigenvalue weighted by atomic mass is 32.2. The van der Waals surface area contributed by atoms with Gasteiger partial charge in [-0.25, -0.2) is 22.9 Å². The molecule has 4 rings (SSSR count). The van der Waals surface area contributed by atoms with Crippen molar-refractivity contribution in [1.82, 2.24) is 4.98 Å². The molecular formula is C23H19FN2O4S. The third kappa shape index (κ3) is 4.82. The summed E-state index contributed by atoms with van der Waals surface area (Å²) in [5.41, 5.74) is 2.11. The van der Waals surface area contributed by atoms with Crippen molar-refractivity contribution in [1.29, 1.82) is 0 Å². The van der Waals surface area contributed by atoms with Gasteiger partial charge in [-0.3, -0.25) is 0 Å². The van der Waals surface area contributed by atoms with Crippen LogP contribution in [0.1, 0.15) is 5.89 Å². The van der Waals surface area contributed by atoms with Crippen molar-refractivity contribution in [3.63, 3.8) is 0 Å². The van der Waals surface area contributed by atoms with Crippen molar-refractivity contribution >= 4 is 10.0 Å². The van der Waals surface area contributed by atoms with Gasteiger partial charge in [-0.15, -0.1) is 0 Å². The molecule has 3 aromatic carbocycles. The molecule has 0 saturated heterocycles. The first-order valence-electron chi connectivity index (χ1n) is 9.47. The molecule has 158 valence electrons. The van der Waals surface area contributed by atoms with Crippen molar-refractivity contribution in [3.8, 4) is 28.3 Å². The van der Waals surface area contributed by atoms with Crippen molar-refractivity contribution in [2.75, 3.05) is 6.61 Å². The van der Waals surface area contributed by atoms with Gasteiger partial charge < -0.3 is 9.15 Å². The van der Waals surface area contributed by atoms with Crippen LogP contribution in [-0.4, -0.2) is 20.0 Å². The molecule has 31 heavy (non-hydrogen) atoms. The molecule has 0 aliphatic carbocycles. The van der Waals surface area contributed by atoms with E-state index in [1.54, 1.807) is 30.3 Å². The average Bonchev–Trinajstić information content (AvgIpc) is 3.19. The van der Waals surface area contributed by atoms with Crippen molar-refractivity contribution in [3.05, 3.63) is 90.6 Å². The van der Waals surface area contributed by atoms with Crippen LogP contribution in [0.25, 0.3) is 22.6 Å². The number of halogens is 1. The van der Waals surface area contributed by atoms with Crippen LogP contribution in [0.4, 0.5) is 4.39 Å². The first-order chi connectivity index (χ1) is 14.9. The Morgan fingerprint density at radius 2 is 1.58 bits per heavy atom. The van der Waals surface area contributed by atoms with Crippen LogP contribution in [0.15, 0.2) is 88.2 Å². The normalized spacial score (nSPS) is 11.4. The highest BCUT2D eigenvalue weighted by Crippen LogP contribution is 2.33. The molecule has 0 aliphatic heterocycles. The van der Waals surface area contributed by atoms with Crippen LogP contribution in [0.5, 0.6) is 5.75 Å². The fourth-order valence-electron chi connectivity index (χ4n) is 3.06. The monoisotopic (exact) mass is 438 g/mol. The number of oxazole rings is 1. The zero-order chi connectivity index (χ0) is 21.8. The summed E-state index contributed by atoms with van der Waals surface area (Å²) in [4.78, 5) is 4.61. The minimum atomic E-state index is -3.79. The Morgan fingerprint density at radius 3 is 2.26 bits per heavy atom. The lowest BCUT2D eigenvalue weighted by Gasteiger charge is -2.05. The predicted molar refractivity (Wildman–Crippen MR) is 114 cm³/mol. The molecule has 0 saturated carbocycles. The lowest BCUT2D eigenvalue weighted by atomic mass is 10.1.